The largest absolute Gasteiger partial charge is 0.378 e. The monoisotopic (exact) mass is 401 g/mol. The maximum absolute atomic E-state index is 12.4. The van der Waals surface area contributed by atoms with Crippen LogP contribution in [0.5, 0.6) is 0 Å². The molecule has 0 saturated carbocycles. The van der Waals surface area contributed by atoms with Gasteiger partial charge in [0.2, 0.25) is 10.0 Å². The molecule has 1 aliphatic heterocycles. The zero-order chi connectivity index (χ0) is 20.1. The van der Waals surface area contributed by atoms with Gasteiger partial charge in [0.05, 0.1) is 5.75 Å². The number of nitrogens with zero attached hydrogens (tertiary/aromatic N) is 2. The van der Waals surface area contributed by atoms with E-state index in [4.69, 9.17) is 0 Å². The lowest BCUT2D eigenvalue weighted by Crippen LogP contribution is -2.29. The van der Waals surface area contributed by atoms with Crippen LogP contribution in [0, 0.1) is 0 Å². The van der Waals surface area contributed by atoms with E-state index >= 15 is 0 Å². The number of carbonyl (C=O) groups is 1. The Morgan fingerprint density at radius 2 is 1.54 bits per heavy atom. The molecule has 1 N–H and O–H groups in total. The van der Waals surface area contributed by atoms with E-state index in [9.17, 15) is 13.2 Å². The average Bonchev–Trinajstić information content (AvgIpc) is 3.22. The molecule has 150 valence electrons. The molecule has 0 unspecified atom stereocenters. The first-order valence-electron chi connectivity index (χ1n) is 9.46. The normalized spacial score (nSPS) is 14.8. The van der Waals surface area contributed by atoms with E-state index in [1.54, 1.807) is 28.6 Å². The van der Waals surface area contributed by atoms with Gasteiger partial charge in [-0.25, -0.2) is 12.7 Å². The molecule has 0 aromatic heterocycles. The van der Waals surface area contributed by atoms with Gasteiger partial charge in [-0.15, -0.1) is 0 Å². The molecule has 28 heavy (non-hydrogen) atoms. The Labute approximate surface area is 167 Å². The van der Waals surface area contributed by atoms with Crippen molar-refractivity contribution >= 4 is 21.6 Å². The minimum Gasteiger partial charge on any atom is -0.378 e. The number of nitrogens with one attached hydrogen (secondary N) is 1. The lowest BCUT2D eigenvalue weighted by atomic mass is 10.1. The van der Waals surface area contributed by atoms with Gasteiger partial charge >= 0.3 is 0 Å². The highest BCUT2D eigenvalue weighted by molar-refractivity contribution is 7.88. The van der Waals surface area contributed by atoms with E-state index in [0.717, 1.165) is 24.1 Å². The Bertz CT molecular complexity index is 901. The van der Waals surface area contributed by atoms with Gasteiger partial charge in [0, 0.05) is 45.0 Å². The molecule has 2 aromatic carbocycles. The second-order valence-corrected chi connectivity index (χ2v) is 9.27. The van der Waals surface area contributed by atoms with Gasteiger partial charge in [0.1, 0.15) is 0 Å². The molecular weight excluding hydrogens is 374 g/mol. The van der Waals surface area contributed by atoms with E-state index < -0.39 is 10.0 Å². The summed E-state index contributed by atoms with van der Waals surface area (Å²) in [7, 11) is 0.693. The van der Waals surface area contributed by atoms with Crippen LogP contribution < -0.4 is 10.2 Å². The van der Waals surface area contributed by atoms with E-state index in [1.807, 2.05) is 43.3 Å². The van der Waals surface area contributed by atoms with E-state index in [2.05, 4.69) is 5.32 Å². The molecule has 1 saturated heterocycles. The predicted octanol–water partition coefficient (Wildman–Crippen LogP) is 2.61. The number of amides is 1. The molecule has 7 heteroatoms. The van der Waals surface area contributed by atoms with Crippen molar-refractivity contribution in [1.29, 1.82) is 0 Å². The van der Waals surface area contributed by atoms with Crippen molar-refractivity contribution in [2.24, 2.45) is 0 Å². The molecule has 1 heterocycles. The molecule has 0 aliphatic carbocycles. The third-order valence-corrected chi connectivity index (χ3v) is 6.78. The van der Waals surface area contributed by atoms with Crippen LogP contribution in [-0.4, -0.2) is 45.8 Å². The Morgan fingerprint density at radius 1 is 0.964 bits per heavy atom. The topological polar surface area (TPSA) is 69.7 Å². The summed E-state index contributed by atoms with van der Waals surface area (Å²) in [6, 6.07) is 14.8. The summed E-state index contributed by atoms with van der Waals surface area (Å²) in [6.07, 6.45) is 1.85. The molecule has 0 spiro atoms. The maximum Gasteiger partial charge on any atom is 0.251 e. The van der Waals surface area contributed by atoms with Gasteiger partial charge < -0.3 is 10.2 Å². The van der Waals surface area contributed by atoms with Gasteiger partial charge in [0.15, 0.2) is 0 Å². The lowest BCUT2D eigenvalue weighted by molar-refractivity contribution is 0.0951. The minimum atomic E-state index is -3.27. The van der Waals surface area contributed by atoms with Crippen molar-refractivity contribution in [3.05, 3.63) is 65.2 Å². The van der Waals surface area contributed by atoms with Crippen molar-refractivity contribution in [1.82, 2.24) is 9.62 Å². The predicted molar refractivity (Wildman–Crippen MR) is 112 cm³/mol. The van der Waals surface area contributed by atoms with Crippen molar-refractivity contribution in [3.63, 3.8) is 0 Å². The number of benzene rings is 2. The molecule has 2 aromatic rings. The van der Waals surface area contributed by atoms with Crippen LogP contribution in [0.3, 0.4) is 0 Å². The molecule has 1 amide bonds. The summed E-state index contributed by atoms with van der Waals surface area (Å²) in [6.45, 7) is 1.66. The van der Waals surface area contributed by atoms with Crippen molar-refractivity contribution in [3.8, 4) is 0 Å². The van der Waals surface area contributed by atoms with Crippen LogP contribution in [0.1, 0.15) is 34.3 Å². The summed E-state index contributed by atoms with van der Waals surface area (Å²) in [5.74, 6) is -0.196. The third kappa shape index (κ3) is 5.11. The number of rotatable bonds is 7. The summed E-state index contributed by atoms with van der Waals surface area (Å²) in [5.41, 5.74) is 3.34. The van der Waals surface area contributed by atoms with Gasteiger partial charge in [0.25, 0.3) is 5.91 Å². The first kappa shape index (κ1) is 20.4. The van der Waals surface area contributed by atoms with Gasteiger partial charge in [-0.3, -0.25) is 4.79 Å². The number of hydrogen-bond donors (Lipinski definition) is 1. The van der Waals surface area contributed by atoms with Crippen LogP contribution in [0.4, 0.5) is 5.69 Å². The smallest absolute Gasteiger partial charge is 0.251 e. The van der Waals surface area contributed by atoms with Gasteiger partial charge in [-0.05, 0) is 48.2 Å². The second-order valence-electron chi connectivity index (χ2n) is 7.30. The summed E-state index contributed by atoms with van der Waals surface area (Å²) >= 11 is 0. The van der Waals surface area contributed by atoms with Crippen LogP contribution >= 0.6 is 0 Å². The number of carbonyl (C=O) groups excluding carboxylic acids is 1. The number of sulfonamides is 1. The first-order valence-corrected chi connectivity index (χ1v) is 11.1. The highest BCUT2D eigenvalue weighted by Crippen LogP contribution is 2.18. The average molecular weight is 402 g/mol. The third-order valence-electron chi connectivity index (χ3n) is 4.93. The first-order chi connectivity index (χ1) is 13.3. The lowest BCUT2D eigenvalue weighted by Gasteiger charge is -2.15. The van der Waals surface area contributed by atoms with Gasteiger partial charge in [-0.2, -0.15) is 0 Å². The minimum absolute atomic E-state index is 0.0207. The molecule has 1 aliphatic rings. The molecule has 0 atom stereocenters. The van der Waals surface area contributed by atoms with Crippen LogP contribution in [-0.2, 0) is 22.3 Å². The quantitative estimate of drug-likeness (QED) is 0.774. The Morgan fingerprint density at radius 3 is 2.11 bits per heavy atom. The Kier molecular flexibility index (Phi) is 6.36. The number of anilines is 1. The SMILES string of the molecule is CN(C)c1ccc(CNC(=O)c2ccc(CS(=O)(=O)N3CCCC3)cc2)cc1. The zero-order valence-corrected chi connectivity index (χ0v) is 17.2. The molecule has 0 bridgehead atoms. The van der Waals surface area contributed by atoms with Crippen molar-refractivity contribution in [2.75, 3.05) is 32.1 Å². The molecular formula is C21H27N3O3S. The second kappa shape index (κ2) is 8.75. The zero-order valence-electron chi connectivity index (χ0n) is 16.4. The Hall–Kier alpha value is -2.38. The molecule has 0 radical (unpaired) electrons. The fraction of sp³-hybridized carbons (Fsp3) is 0.381. The van der Waals surface area contributed by atoms with Crippen molar-refractivity contribution < 1.29 is 13.2 Å². The molecule has 1 fully saturated rings. The Balaban J connectivity index is 1.56. The fourth-order valence-electron chi connectivity index (χ4n) is 3.22. The van der Waals surface area contributed by atoms with Crippen LogP contribution in [0.15, 0.2) is 48.5 Å². The van der Waals surface area contributed by atoms with E-state index in [-0.39, 0.29) is 11.7 Å². The van der Waals surface area contributed by atoms with Crippen molar-refractivity contribution in [2.45, 2.75) is 25.1 Å². The molecule has 6 nitrogen and oxygen atoms in total. The van der Waals surface area contributed by atoms with Gasteiger partial charge in [-0.1, -0.05) is 24.3 Å². The maximum atomic E-state index is 12.4. The fourth-order valence-corrected chi connectivity index (χ4v) is 4.83. The van der Waals surface area contributed by atoms with E-state index in [0.29, 0.717) is 30.8 Å². The summed E-state index contributed by atoms with van der Waals surface area (Å²) in [5, 5.41) is 2.90. The van der Waals surface area contributed by atoms with E-state index in [1.165, 1.54) is 0 Å². The summed E-state index contributed by atoms with van der Waals surface area (Å²) in [4.78, 5) is 14.4. The van der Waals surface area contributed by atoms with Crippen LogP contribution in [0.2, 0.25) is 0 Å². The molecule has 3 rings (SSSR count). The highest BCUT2D eigenvalue weighted by atomic mass is 32.2. The standard InChI is InChI=1S/C21H27N3O3S/c1-23(2)20-11-7-17(8-12-20)15-22-21(25)19-9-5-18(6-10-19)16-28(26,27)24-13-3-4-14-24/h5-12H,3-4,13-16H2,1-2H3,(H,22,25). The van der Waals surface area contributed by atoms with Crippen LogP contribution in [0.25, 0.3) is 0 Å². The number of hydrogen-bond acceptors (Lipinski definition) is 4. The highest BCUT2D eigenvalue weighted by Gasteiger charge is 2.25. The summed E-state index contributed by atoms with van der Waals surface area (Å²) < 4.78 is 26.3.